The lowest BCUT2D eigenvalue weighted by Crippen LogP contribution is -2.11. The number of hydrogen-bond acceptors (Lipinski definition) is 6. The Kier molecular flexibility index (Phi) is 5.67. The normalized spacial score (nSPS) is 10.2. The van der Waals surface area contributed by atoms with Gasteiger partial charge in [-0.15, -0.1) is 0 Å². The van der Waals surface area contributed by atoms with E-state index in [1.165, 1.54) is 36.4 Å². The van der Waals surface area contributed by atoms with Crippen molar-refractivity contribution >= 4 is 17.3 Å². The third kappa shape index (κ3) is 4.67. The lowest BCUT2D eigenvalue weighted by molar-refractivity contribution is -0.384. The van der Waals surface area contributed by atoms with Gasteiger partial charge in [0.1, 0.15) is 11.6 Å². The summed E-state index contributed by atoms with van der Waals surface area (Å²) in [6.07, 6.45) is 0.401. The third-order valence-electron chi connectivity index (χ3n) is 3.07. The number of hydrogen-bond donors (Lipinski definition) is 1. The molecule has 8 heteroatoms. The van der Waals surface area contributed by atoms with Crippen LogP contribution in [0.5, 0.6) is 5.75 Å². The number of benzene rings is 2. The Morgan fingerprint density at radius 1 is 1.17 bits per heavy atom. The van der Waals surface area contributed by atoms with Crippen LogP contribution in [0.1, 0.15) is 16.8 Å². The minimum absolute atomic E-state index is 0.0522. The van der Waals surface area contributed by atoms with E-state index in [4.69, 9.17) is 15.2 Å². The fourth-order valence-electron chi connectivity index (χ4n) is 1.86. The molecule has 2 N–H and O–H groups in total. The molecule has 0 aromatic heterocycles. The summed E-state index contributed by atoms with van der Waals surface area (Å²) in [6, 6.07) is 9.11. The molecule has 2 aromatic carbocycles. The molecule has 0 amide bonds. The maximum Gasteiger partial charge on any atom is 0.340 e. The Bertz CT molecular complexity index is 734. The SMILES string of the molecule is Nc1ccc([N+](=O)[O-])cc1C(=O)OCCCOc1ccc(F)cc1. The van der Waals surface area contributed by atoms with Gasteiger partial charge in [0.15, 0.2) is 0 Å². The molecular formula is C16H15FN2O5. The number of nitrogens with zero attached hydrogens (tertiary/aromatic N) is 1. The molecule has 0 spiro atoms. The molecule has 0 heterocycles. The highest BCUT2D eigenvalue weighted by Gasteiger charge is 2.16. The van der Waals surface area contributed by atoms with Gasteiger partial charge < -0.3 is 15.2 Å². The first-order valence-corrected chi connectivity index (χ1v) is 7.07. The van der Waals surface area contributed by atoms with Gasteiger partial charge in [-0.25, -0.2) is 9.18 Å². The predicted octanol–water partition coefficient (Wildman–Crippen LogP) is 2.94. The first-order valence-electron chi connectivity index (χ1n) is 7.07. The molecule has 126 valence electrons. The number of non-ortho nitro benzene ring substituents is 1. The minimum atomic E-state index is -0.738. The van der Waals surface area contributed by atoms with Crippen LogP contribution < -0.4 is 10.5 Å². The molecule has 0 aliphatic rings. The molecule has 2 aromatic rings. The molecule has 0 saturated carbocycles. The Morgan fingerprint density at radius 2 is 1.88 bits per heavy atom. The average Bonchev–Trinajstić information content (AvgIpc) is 2.56. The van der Waals surface area contributed by atoms with Gasteiger partial charge in [-0.05, 0) is 30.3 Å². The molecule has 0 unspecified atom stereocenters. The number of nitrogen functional groups attached to an aromatic ring is 1. The number of carbonyl (C=O) groups is 1. The van der Waals surface area contributed by atoms with Crippen LogP contribution in [0.15, 0.2) is 42.5 Å². The van der Waals surface area contributed by atoms with E-state index in [1.54, 1.807) is 0 Å². The Labute approximate surface area is 136 Å². The topological polar surface area (TPSA) is 105 Å². The molecule has 0 aliphatic carbocycles. The smallest absolute Gasteiger partial charge is 0.340 e. The van der Waals surface area contributed by atoms with E-state index in [1.807, 2.05) is 0 Å². The third-order valence-corrected chi connectivity index (χ3v) is 3.07. The van der Waals surface area contributed by atoms with E-state index in [0.29, 0.717) is 12.2 Å². The van der Waals surface area contributed by atoms with Gasteiger partial charge in [0.25, 0.3) is 5.69 Å². The summed E-state index contributed by atoms with van der Waals surface area (Å²) in [5.41, 5.74) is 5.44. The highest BCUT2D eigenvalue weighted by molar-refractivity contribution is 5.95. The van der Waals surface area contributed by atoms with Crippen LogP contribution in [-0.2, 0) is 4.74 Å². The van der Waals surface area contributed by atoms with Crippen LogP contribution in [0.3, 0.4) is 0 Å². The molecule has 0 saturated heterocycles. The van der Waals surface area contributed by atoms with Crippen molar-refractivity contribution in [3.05, 3.63) is 64.0 Å². The van der Waals surface area contributed by atoms with Crippen LogP contribution in [0, 0.1) is 15.9 Å². The van der Waals surface area contributed by atoms with Crippen LogP contribution in [0.25, 0.3) is 0 Å². The van der Waals surface area contributed by atoms with Gasteiger partial charge in [0.2, 0.25) is 0 Å². The second-order valence-electron chi connectivity index (χ2n) is 4.82. The standard InChI is InChI=1S/C16H15FN2O5/c17-11-2-5-13(6-3-11)23-8-1-9-24-16(20)14-10-12(19(21)22)4-7-15(14)18/h2-7,10H,1,8-9,18H2. The summed E-state index contributed by atoms with van der Waals surface area (Å²) in [7, 11) is 0. The molecule has 0 aliphatic heterocycles. The van der Waals surface area contributed by atoms with E-state index >= 15 is 0 Å². The van der Waals surface area contributed by atoms with Crippen molar-refractivity contribution in [2.75, 3.05) is 18.9 Å². The minimum Gasteiger partial charge on any atom is -0.493 e. The van der Waals surface area contributed by atoms with Crippen LogP contribution in [0.4, 0.5) is 15.8 Å². The van der Waals surface area contributed by atoms with E-state index < -0.39 is 10.9 Å². The number of ether oxygens (including phenoxy) is 2. The number of nitro benzene ring substituents is 1. The van der Waals surface area contributed by atoms with E-state index in [0.717, 1.165) is 6.07 Å². The number of nitro groups is 1. The number of nitrogens with two attached hydrogens (primary N) is 1. The zero-order valence-electron chi connectivity index (χ0n) is 12.6. The Morgan fingerprint density at radius 3 is 2.54 bits per heavy atom. The van der Waals surface area contributed by atoms with Crippen molar-refractivity contribution in [2.45, 2.75) is 6.42 Å². The van der Waals surface area contributed by atoms with Crippen LogP contribution in [-0.4, -0.2) is 24.1 Å². The van der Waals surface area contributed by atoms with Gasteiger partial charge in [0.05, 0.1) is 23.7 Å². The lowest BCUT2D eigenvalue weighted by atomic mass is 10.1. The molecule has 0 radical (unpaired) electrons. The highest BCUT2D eigenvalue weighted by atomic mass is 19.1. The van der Waals surface area contributed by atoms with Crippen LogP contribution in [0.2, 0.25) is 0 Å². The average molecular weight is 334 g/mol. The van der Waals surface area contributed by atoms with Crippen molar-refractivity contribution in [3.8, 4) is 5.75 Å². The highest BCUT2D eigenvalue weighted by Crippen LogP contribution is 2.20. The summed E-state index contributed by atoms with van der Waals surface area (Å²) >= 11 is 0. The largest absolute Gasteiger partial charge is 0.493 e. The molecule has 24 heavy (non-hydrogen) atoms. The van der Waals surface area contributed by atoms with Crippen LogP contribution >= 0.6 is 0 Å². The van der Waals surface area contributed by atoms with Crippen molar-refractivity contribution in [1.29, 1.82) is 0 Å². The van der Waals surface area contributed by atoms with E-state index in [-0.39, 0.29) is 36.0 Å². The number of rotatable bonds is 7. The monoisotopic (exact) mass is 334 g/mol. The molecule has 0 fully saturated rings. The predicted molar refractivity (Wildman–Crippen MR) is 84.3 cm³/mol. The fraction of sp³-hybridized carbons (Fsp3) is 0.188. The summed E-state index contributed by atoms with van der Waals surface area (Å²) in [4.78, 5) is 22.0. The van der Waals surface area contributed by atoms with Crippen molar-refractivity contribution in [1.82, 2.24) is 0 Å². The van der Waals surface area contributed by atoms with Crippen molar-refractivity contribution in [3.63, 3.8) is 0 Å². The number of esters is 1. The Balaban J connectivity index is 1.80. The fourth-order valence-corrected chi connectivity index (χ4v) is 1.86. The van der Waals surface area contributed by atoms with E-state index in [9.17, 15) is 19.3 Å². The van der Waals surface area contributed by atoms with Crippen molar-refractivity contribution in [2.24, 2.45) is 0 Å². The number of anilines is 1. The summed E-state index contributed by atoms with van der Waals surface area (Å²) < 4.78 is 23.1. The first-order chi connectivity index (χ1) is 11.5. The molecule has 0 bridgehead atoms. The summed E-state index contributed by atoms with van der Waals surface area (Å²) in [5, 5.41) is 10.7. The number of carbonyl (C=O) groups excluding carboxylic acids is 1. The second-order valence-corrected chi connectivity index (χ2v) is 4.82. The van der Waals surface area contributed by atoms with Gasteiger partial charge >= 0.3 is 5.97 Å². The summed E-state index contributed by atoms with van der Waals surface area (Å²) in [6.45, 7) is 0.325. The van der Waals surface area contributed by atoms with Gasteiger partial charge in [-0.2, -0.15) is 0 Å². The maximum atomic E-state index is 12.7. The van der Waals surface area contributed by atoms with Gasteiger partial charge in [-0.1, -0.05) is 0 Å². The lowest BCUT2D eigenvalue weighted by Gasteiger charge is -2.08. The maximum absolute atomic E-state index is 12.7. The quantitative estimate of drug-likeness (QED) is 0.274. The first kappa shape index (κ1) is 17.2. The van der Waals surface area contributed by atoms with Crippen molar-refractivity contribution < 1.29 is 23.6 Å². The molecule has 0 atom stereocenters. The molecular weight excluding hydrogens is 319 g/mol. The van der Waals surface area contributed by atoms with Gasteiger partial charge in [0, 0.05) is 24.2 Å². The number of halogens is 1. The summed E-state index contributed by atoms with van der Waals surface area (Å²) in [5.74, 6) is -0.588. The Hall–Kier alpha value is -3.16. The molecule has 2 rings (SSSR count). The van der Waals surface area contributed by atoms with E-state index in [2.05, 4.69) is 0 Å². The zero-order valence-corrected chi connectivity index (χ0v) is 12.6. The van der Waals surface area contributed by atoms with Gasteiger partial charge in [-0.3, -0.25) is 10.1 Å². The zero-order chi connectivity index (χ0) is 17.5. The molecule has 7 nitrogen and oxygen atoms in total. The second kappa shape index (κ2) is 7.91.